The van der Waals surface area contributed by atoms with Crippen molar-refractivity contribution in [1.82, 2.24) is 0 Å². The lowest BCUT2D eigenvalue weighted by molar-refractivity contribution is -0.0695. The van der Waals surface area contributed by atoms with Crippen LogP contribution in [0.15, 0.2) is 24.3 Å². The number of hydrogen-bond acceptors (Lipinski definition) is 3. The van der Waals surface area contributed by atoms with Gasteiger partial charge >= 0.3 is 0 Å². The summed E-state index contributed by atoms with van der Waals surface area (Å²) in [5, 5.41) is 10.7. The molecular weight excluding hydrogens is 214 g/mol. The molecule has 17 heavy (non-hydrogen) atoms. The molecule has 2 unspecified atom stereocenters. The second kappa shape index (κ2) is 4.31. The monoisotopic (exact) mass is 235 g/mol. The average Bonchev–Trinajstić information content (AvgIpc) is 2.29. The zero-order valence-corrected chi connectivity index (χ0v) is 10.6. The Hall–Kier alpha value is -1.06. The fraction of sp³-hybridized carbons (Fsp3) is 0.571. The van der Waals surface area contributed by atoms with Crippen molar-refractivity contribution in [1.29, 1.82) is 0 Å². The molecule has 1 aliphatic heterocycles. The van der Waals surface area contributed by atoms with Crippen LogP contribution in [0.3, 0.4) is 0 Å². The van der Waals surface area contributed by atoms with Gasteiger partial charge in [0, 0.05) is 18.5 Å². The average molecular weight is 235 g/mol. The SMILES string of the molecule is CCCC1(C)CC(O)(CN)c2ccccc2O1. The van der Waals surface area contributed by atoms with E-state index in [1.807, 2.05) is 31.2 Å². The van der Waals surface area contributed by atoms with E-state index in [4.69, 9.17) is 10.5 Å². The van der Waals surface area contributed by atoms with Gasteiger partial charge in [0.2, 0.25) is 0 Å². The lowest BCUT2D eigenvalue weighted by Crippen LogP contribution is -2.49. The van der Waals surface area contributed by atoms with Gasteiger partial charge in [-0.05, 0) is 19.4 Å². The first-order chi connectivity index (χ1) is 8.03. The molecule has 1 aliphatic rings. The van der Waals surface area contributed by atoms with E-state index >= 15 is 0 Å². The number of para-hydroxylation sites is 1. The highest BCUT2D eigenvalue weighted by molar-refractivity contribution is 5.41. The summed E-state index contributed by atoms with van der Waals surface area (Å²) >= 11 is 0. The molecule has 3 nitrogen and oxygen atoms in total. The number of nitrogens with two attached hydrogens (primary N) is 1. The molecule has 3 N–H and O–H groups in total. The maximum Gasteiger partial charge on any atom is 0.126 e. The van der Waals surface area contributed by atoms with Gasteiger partial charge in [0.1, 0.15) is 17.0 Å². The van der Waals surface area contributed by atoms with Crippen LogP contribution >= 0.6 is 0 Å². The number of benzene rings is 1. The van der Waals surface area contributed by atoms with Gasteiger partial charge in [0.25, 0.3) is 0 Å². The Labute approximate surface area is 103 Å². The summed E-state index contributed by atoms with van der Waals surface area (Å²) < 4.78 is 6.04. The number of aliphatic hydroxyl groups is 1. The van der Waals surface area contributed by atoms with Crippen LogP contribution in [0, 0.1) is 0 Å². The standard InChI is InChI=1S/C14H21NO2/c1-3-8-13(2)9-14(16,10-15)11-6-4-5-7-12(11)17-13/h4-7,16H,3,8-10,15H2,1-2H3. The van der Waals surface area contributed by atoms with Crippen molar-refractivity contribution >= 4 is 0 Å². The molecule has 1 heterocycles. The van der Waals surface area contributed by atoms with Crippen molar-refractivity contribution in [3.63, 3.8) is 0 Å². The van der Waals surface area contributed by atoms with Gasteiger partial charge in [0.05, 0.1) is 0 Å². The smallest absolute Gasteiger partial charge is 0.126 e. The van der Waals surface area contributed by atoms with E-state index in [1.54, 1.807) is 0 Å². The maximum atomic E-state index is 10.7. The number of ether oxygens (including phenoxy) is 1. The van der Waals surface area contributed by atoms with Crippen LogP contribution in [-0.4, -0.2) is 17.3 Å². The van der Waals surface area contributed by atoms with Crippen LogP contribution in [-0.2, 0) is 5.60 Å². The van der Waals surface area contributed by atoms with Gasteiger partial charge < -0.3 is 15.6 Å². The van der Waals surface area contributed by atoms with Crippen molar-refractivity contribution in [2.24, 2.45) is 5.73 Å². The summed E-state index contributed by atoms with van der Waals surface area (Å²) in [5.74, 6) is 0.766. The van der Waals surface area contributed by atoms with E-state index in [-0.39, 0.29) is 12.1 Å². The molecule has 0 saturated carbocycles. The van der Waals surface area contributed by atoms with E-state index in [9.17, 15) is 5.11 Å². The highest BCUT2D eigenvalue weighted by atomic mass is 16.5. The molecule has 2 atom stereocenters. The lowest BCUT2D eigenvalue weighted by Gasteiger charge is -2.44. The van der Waals surface area contributed by atoms with Crippen LogP contribution in [0.2, 0.25) is 0 Å². The Morgan fingerprint density at radius 2 is 2.12 bits per heavy atom. The minimum absolute atomic E-state index is 0.229. The first-order valence-electron chi connectivity index (χ1n) is 6.24. The Bertz CT molecular complexity index is 407. The fourth-order valence-corrected chi connectivity index (χ4v) is 2.81. The van der Waals surface area contributed by atoms with Gasteiger partial charge in [0.15, 0.2) is 0 Å². The Balaban J connectivity index is 2.43. The molecule has 0 fully saturated rings. The minimum Gasteiger partial charge on any atom is -0.487 e. The predicted octanol–water partition coefficient (Wildman–Crippen LogP) is 2.17. The molecule has 94 valence electrons. The molecule has 1 aromatic carbocycles. The summed E-state index contributed by atoms with van der Waals surface area (Å²) in [6, 6.07) is 7.63. The second-order valence-corrected chi connectivity index (χ2v) is 5.21. The van der Waals surface area contributed by atoms with E-state index in [1.165, 1.54) is 0 Å². The Morgan fingerprint density at radius 3 is 2.76 bits per heavy atom. The zero-order chi connectivity index (χ0) is 12.5. The third-order valence-corrected chi connectivity index (χ3v) is 3.53. The molecule has 0 amide bonds. The van der Waals surface area contributed by atoms with Crippen molar-refractivity contribution in [2.75, 3.05) is 6.54 Å². The van der Waals surface area contributed by atoms with E-state index < -0.39 is 5.60 Å². The predicted molar refractivity (Wildman–Crippen MR) is 68.0 cm³/mol. The Morgan fingerprint density at radius 1 is 1.41 bits per heavy atom. The van der Waals surface area contributed by atoms with Crippen LogP contribution in [0.4, 0.5) is 0 Å². The van der Waals surface area contributed by atoms with E-state index in [2.05, 4.69) is 6.92 Å². The number of fused-ring (bicyclic) bond motifs is 1. The van der Waals surface area contributed by atoms with Crippen LogP contribution in [0.5, 0.6) is 5.75 Å². The van der Waals surface area contributed by atoms with Gasteiger partial charge in [-0.2, -0.15) is 0 Å². The first kappa shape index (κ1) is 12.4. The summed E-state index contributed by atoms with van der Waals surface area (Å²) in [6.07, 6.45) is 2.50. The third kappa shape index (κ3) is 2.17. The second-order valence-electron chi connectivity index (χ2n) is 5.21. The first-order valence-corrected chi connectivity index (χ1v) is 6.24. The summed E-state index contributed by atoms with van der Waals surface area (Å²) in [4.78, 5) is 0. The molecule has 0 radical (unpaired) electrons. The topological polar surface area (TPSA) is 55.5 Å². The molecule has 2 rings (SSSR count). The molecule has 0 aliphatic carbocycles. The van der Waals surface area contributed by atoms with Gasteiger partial charge in [-0.1, -0.05) is 31.5 Å². The van der Waals surface area contributed by atoms with Crippen molar-refractivity contribution in [3.8, 4) is 5.75 Å². The summed E-state index contributed by atoms with van der Waals surface area (Å²) in [7, 11) is 0. The zero-order valence-electron chi connectivity index (χ0n) is 10.6. The highest BCUT2D eigenvalue weighted by Crippen LogP contribution is 2.44. The highest BCUT2D eigenvalue weighted by Gasteiger charge is 2.44. The molecule has 0 bridgehead atoms. The molecule has 0 saturated heterocycles. The quantitative estimate of drug-likeness (QED) is 0.844. The Kier molecular flexibility index (Phi) is 3.15. The third-order valence-electron chi connectivity index (χ3n) is 3.53. The molecule has 0 aromatic heterocycles. The molecule has 1 aromatic rings. The van der Waals surface area contributed by atoms with Crippen molar-refractivity contribution in [3.05, 3.63) is 29.8 Å². The fourth-order valence-electron chi connectivity index (χ4n) is 2.81. The van der Waals surface area contributed by atoms with Gasteiger partial charge in [-0.25, -0.2) is 0 Å². The molecular formula is C14H21NO2. The normalized spacial score (nSPS) is 31.8. The van der Waals surface area contributed by atoms with Crippen LogP contribution in [0.25, 0.3) is 0 Å². The van der Waals surface area contributed by atoms with E-state index in [0.717, 1.165) is 24.2 Å². The number of hydrogen-bond donors (Lipinski definition) is 2. The van der Waals surface area contributed by atoms with Crippen LogP contribution in [0.1, 0.15) is 38.7 Å². The molecule has 0 spiro atoms. The molecule has 3 heteroatoms. The maximum absolute atomic E-state index is 10.7. The summed E-state index contributed by atoms with van der Waals surface area (Å²) in [5.41, 5.74) is 5.30. The van der Waals surface area contributed by atoms with Crippen molar-refractivity contribution < 1.29 is 9.84 Å². The largest absolute Gasteiger partial charge is 0.487 e. The lowest BCUT2D eigenvalue weighted by atomic mass is 9.78. The van der Waals surface area contributed by atoms with Gasteiger partial charge in [-0.15, -0.1) is 0 Å². The van der Waals surface area contributed by atoms with Gasteiger partial charge in [-0.3, -0.25) is 0 Å². The van der Waals surface area contributed by atoms with Crippen molar-refractivity contribution in [2.45, 2.75) is 44.3 Å². The minimum atomic E-state index is -0.960. The summed E-state index contributed by atoms with van der Waals surface area (Å²) in [6.45, 7) is 4.40. The van der Waals surface area contributed by atoms with Crippen LogP contribution < -0.4 is 10.5 Å². The number of rotatable bonds is 3. The van der Waals surface area contributed by atoms with E-state index in [0.29, 0.717) is 6.42 Å².